The molecule has 0 radical (unpaired) electrons. The van der Waals surface area contributed by atoms with E-state index in [1.807, 2.05) is 0 Å². The molecule has 0 saturated carbocycles. The van der Waals surface area contributed by atoms with Gasteiger partial charge in [-0.25, -0.2) is 4.79 Å². The normalized spacial score (nSPS) is 12.4. The Morgan fingerprint density at radius 2 is 1.96 bits per heavy atom. The molecule has 0 aliphatic carbocycles. The van der Waals surface area contributed by atoms with Crippen molar-refractivity contribution >= 4 is 12.2 Å². The van der Waals surface area contributed by atoms with Crippen molar-refractivity contribution in [3.63, 3.8) is 0 Å². The van der Waals surface area contributed by atoms with Crippen LogP contribution in [-0.2, 0) is 10.9 Å². The van der Waals surface area contributed by atoms with Gasteiger partial charge >= 0.3 is 12.3 Å². The van der Waals surface area contributed by atoms with E-state index in [4.69, 9.17) is 4.74 Å². The first kappa shape index (κ1) is 18.9. The van der Waals surface area contributed by atoms with Gasteiger partial charge in [0.15, 0.2) is 0 Å². The van der Waals surface area contributed by atoms with Gasteiger partial charge in [0.2, 0.25) is 0 Å². The number of carbonyl (C=O) groups excluding carboxylic acids is 1. The van der Waals surface area contributed by atoms with E-state index in [9.17, 15) is 23.1 Å². The van der Waals surface area contributed by atoms with Crippen LogP contribution in [0.15, 0.2) is 24.3 Å². The Morgan fingerprint density at radius 3 is 2.48 bits per heavy atom. The van der Waals surface area contributed by atoms with Crippen molar-refractivity contribution in [2.24, 2.45) is 0 Å². The van der Waals surface area contributed by atoms with E-state index in [0.29, 0.717) is 19.0 Å². The third-order valence-corrected chi connectivity index (χ3v) is 2.63. The van der Waals surface area contributed by atoms with Crippen LogP contribution in [0.1, 0.15) is 38.3 Å². The van der Waals surface area contributed by atoms with E-state index < -0.39 is 29.2 Å². The van der Waals surface area contributed by atoms with E-state index in [0.717, 1.165) is 6.07 Å². The summed E-state index contributed by atoms with van der Waals surface area (Å²) in [5, 5.41) is 12.1. The lowest BCUT2D eigenvalue weighted by atomic mass is 10.1. The SMILES string of the molecule is CC(C)(C)OC(=O)NCCC=Cc1ccc(C(F)(F)F)cc1O. The largest absolute Gasteiger partial charge is 0.507 e. The smallest absolute Gasteiger partial charge is 0.416 e. The van der Waals surface area contributed by atoms with E-state index >= 15 is 0 Å². The van der Waals surface area contributed by atoms with Gasteiger partial charge in [-0.1, -0.05) is 18.2 Å². The number of phenols is 1. The first-order valence-electron chi connectivity index (χ1n) is 7.02. The molecule has 1 aromatic rings. The second-order valence-corrected chi connectivity index (χ2v) is 5.89. The van der Waals surface area contributed by atoms with Gasteiger partial charge in [0.25, 0.3) is 0 Å². The molecule has 2 N–H and O–H groups in total. The highest BCUT2D eigenvalue weighted by Gasteiger charge is 2.30. The first-order valence-corrected chi connectivity index (χ1v) is 7.02. The molecule has 0 atom stereocenters. The molecular weight excluding hydrogens is 311 g/mol. The number of ether oxygens (including phenoxy) is 1. The number of hydrogen-bond donors (Lipinski definition) is 2. The van der Waals surface area contributed by atoms with Gasteiger partial charge in [-0.2, -0.15) is 13.2 Å². The second kappa shape index (κ2) is 7.39. The molecule has 0 bridgehead atoms. The standard InChI is InChI=1S/C16H20F3NO3/c1-15(2,3)23-14(22)20-9-5-4-6-11-7-8-12(10-13(11)21)16(17,18)19/h4,6-8,10,21H,5,9H2,1-3H3,(H,20,22). The van der Waals surface area contributed by atoms with Crippen LogP contribution in [-0.4, -0.2) is 23.3 Å². The van der Waals surface area contributed by atoms with Gasteiger partial charge in [-0.05, 0) is 39.3 Å². The molecule has 0 spiro atoms. The highest BCUT2D eigenvalue weighted by Crippen LogP contribution is 2.32. The summed E-state index contributed by atoms with van der Waals surface area (Å²) in [7, 11) is 0. The maximum Gasteiger partial charge on any atom is 0.416 e. The molecular formula is C16H20F3NO3. The molecule has 0 heterocycles. The Hall–Kier alpha value is -2.18. The summed E-state index contributed by atoms with van der Waals surface area (Å²) in [4.78, 5) is 11.4. The van der Waals surface area contributed by atoms with Crippen LogP contribution in [0.25, 0.3) is 6.08 Å². The Bertz CT molecular complexity index is 575. The fourth-order valence-corrected chi connectivity index (χ4v) is 1.64. The number of alkyl halides is 3. The second-order valence-electron chi connectivity index (χ2n) is 5.89. The lowest BCUT2D eigenvalue weighted by Crippen LogP contribution is -2.32. The van der Waals surface area contributed by atoms with E-state index in [-0.39, 0.29) is 5.56 Å². The molecule has 0 aliphatic heterocycles. The molecule has 0 saturated heterocycles. The summed E-state index contributed by atoms with van der Waals surface area (Å²) >= 11 is 0. The van der Waals surface area contributed by atoms with Gasteiger partial charge in [0, 0.05) is 12.1 Å². The highest BCUT2D eigenvalue weighted by atomic mass is 19.4. The van der Waals surface area contributed by atoms with Crippen molar-refractivity contribution < 1.29 is 27.8 Å². The number of nitrogens with one attached hydrogen (secondary N) is 1. The number of hydrogen-bond acceptors (Lipinski definition) is 3. The maximum absolute atomic E-state index is 12.5. The summed E-state index contributed by atoms with van der Waals surface area (Å²) in [6.45, 7) is 5.56. The first-order chi connectivity index (χ1) is 10.5. The number of carbonyl (C=O) groups is 1. The van der Waals surface area contributed by atoms with Crippen molar-refractivity contribution in [2.45, 2.75) is 39.0 Å². The molecule has 4 nitrogen and oxygen atoms in total. The van der Waals surface area contributed by atoms with Crippen LogP contribution in [0.5, 0.6) is 5.75 Å². The summed E-state index contributed by atoms with van der Waals surface area (Å²) in [5.74, 6) is -0.448. The summed E-state index contributed by atoms with van der Waals surface area (Å²) in [6, 6.07) is 2.77. The Morgan fingerprint density at radius 1 is 1.30 bits per heavy atom. The molecule has 0 aliphatic rings. The lowest BCUT2D eigenvalue weighted by Gasteiger charge is -2.19. The van der Waals surface area contributed by atoms with Crippen molar-refractivity contribution in [2.75, 3.05) is 6.54 Å². The van der Waals surface area contributed by atoms with Gasteiger partial charge in [-0.15, -0.1) is 0 Å². The Balaban J connectivity index is 2.48. The summed E-state index contributed by atoms with van der Waals surface area (Å²) in [5.41, 5.74) is -1.21. The number of rotatable bonds is 4. The van der Waals surface area contributed by atoms with Gasteiger partial charge < -0.3 is 15.2 Å². The number of aromatic hydroxyl groups is 1. The lowest BCUT2D eigenvalue weighted by molar-refractivity contribution is -0.137. The van der Waals surface area contributed by atoms with E-state index in [1.54, 1.807) is 26.8 Å². The third-order valence-electron chi connectivity index (χ3n) is 2.63. The van der Waals surface area contributed by atoms with Crippen LogP contribution in [0.2, 0.25) is 0 Å². The van der Waals surface area contributed by atoms with E-state index in [2.05, 4.69) is 5.32 Å². The predicted molar refractivity (Wildman–Crippen MR) is 81.0 cm³/mol. The molecule has 1 amide bonds. The van der Waals surface area contributed by atoms with Gasteiger partial charge in [0.05, 0.1) is 5.56 Å². The zero-order valence-electron chi connectivity index (χ0n) is 13.2. The Kier molecular flexibility index (Phi) is 6.06. The highest BCUT2D eigenvalue weighted by molar-refractivity contribution is 5.67. The van der Waals surface area contributed by atoms with Crippen molar-refractivity contribution in [1.82, 2.24) is 5.32 Å². The fourth-order valence-electron chi connectivity index (χ4n) is 1.64. The van der Waals surface area contributed by atoms with Gasteiger partial charge in [-0.3, -0.25) is 0 Å². The summed E-state index contributed by atoms with van der Waals surface area (Å²) in [6.07, 6.45) is -1.45. The molecule has 7 heteroatoms. The predicted octanol–water partition coefficient (Wildman–Crippen LogP) is 4.34. The molecule has 0 fully saturated rings. The van der Waals surface area contributed by atoms with E-state index in [1.165, 1.54) is 12.1 Å². The number of alkyl carbamates (subject to hydrolysis) is 1. The number of amides is 1. The third kappa shape index (κ3) is 7.08. The van der Waals surface area contributed by atoms with Crippen molar-refractivity contribution in [1.29, 1.82) is 0 Å². The number of halogens is 3. The zero-order valence-corrected chi connectivity index (χ0v) is 13.2. The summed E-state index contributed by atoms with van der Waals surface area (Å²) < 4.78 is 42.4. The monoisotopic (exact) mass is 331 g/mol. The van der Waals surface area contributed by atoms with Crippen LogP contribution in [0.3, 0.4) is 0 Å². The maximum atomic E-state index is 12.5. The molecule has 0 aromatic heterocycles. The van der Waals surface area contributed by atoms with Crippen LogP contribution >= 0.6 is 0 Å². The van der Waals surface area contributed by atoms with Gasteiger partial charge in [0.1, 0.15) is 11.4 Å². The molecule has 128 valence electrons. The molecule has 1 rings (SSSR count). The van der Waals surface area contributed by atoms with Crippen molar-refractivity contribution in [3.05, 3.63) is 35.4 Å². The fraction of sp³-hybridized carbons (Fsp3) is 0.438. The minimum Gasteiger partial charge on any atom is -0.507 e. The average Bonchev–Trinajstić information content (AvgIpc) is 2.36. The van der Waals surface area contributed by atoms with Crippen LogP contribution in [0.4, 0.5) is 18.0 Å². The number of benzene rings is 1. The Labute approximate surface area is 133 Å². The molecule has 23 heavy (non-hydrogen) atoms. The topological polar surface area (TPSA) is 58.6 Å². The number of phenolic OH excluding ortho intramolecular Hbond substituents is 1. The van der Waals surface area contributed by atoms with Crippen molar-refractivity contribution in [3.8, 4) is 5.75 Å². The van der Waals surface area contributed by atoms with Crippen LogP contribution < -0.4 is 5.32 Å². The quantitative estimate of drug-likeness (QED) is 0.807. The van der Waals surface area contributed by atoms with Crippen LogP contribution in [0, 0.1) is 0 Å². The minimum absolute atomic E-state index is 0.273. The average molecular weight is 331 g/mol. The minimum atomic E-state index is -4.49. The zero-order chi connectivity index (χ0) is 17.7. The molecule has 0 unspecified atom stereocenters. The molecule has 1 aromatic carbocycles.